The maximum absolute atomic E-state index is 14.7. The van der Waals surface area contributed by atoms with Crippen LogP contribution in [0.3, 0.4) is 0 Å². The van der Waals surface area contributed by atoms with Gasteiger partial charge in [-0.25, -0.2) is 28.4 Å². The van der Waals surface area contributed by atoms with Gasteiger partial charge in [-0.2, -0.15) is 0 Å². The number of benzene rings is 1. The molecule has 2 aliphatic rings. The van der Waals surface area contributed by atoms with Crippen molar-refractivity contribution in [3.63, 3.8) is 0 Å². The third-order valence-corrected chi connectivity index (χ3v) is 7.57. The van der Waals surface area contributed by atoms with Gasteiger partial charge in [0.1, 0.15) is 11.8 Å². The maximum atomic E-state index is 14.7. The summed E-state index contributed by atoms with van der Waals surface area (Å²) in [4.78, 5) is 26.1. The molecule has 0 aliphatic carbocycles. The van der Waals surface area contributed by atoms with Crippen molar-refractivity contribution in [2.24, 2.45) is 0 Å². The normalized spacial score (nSPS) is 22.6. The molecule has 2 amide bonds. The predicted molar refractivity (Wildman–Crippen MR) is 106 cm³/mol. The lowest BCUT2D eigenvalue weighted by Crippen LogP contribution is -2.39. The highest BCUT2D eigenvalue weighted by atomic mass is 32.3. The minimum absolute atomic E-state index is 0.0455. The predicted octanol–water partition coefficient (Wildman–Crippen LogP) is 2.53. The first-order chi connectivity index (χ1) is 13.2. The molecule has 7 nitrogen and oxygen atoms in total. The molecule has 0 radical (unpaired) electrons. The number of hydrogen-bond acceptors (Lipinski definition) is 5. The minimum Gasteiger partial charge on any atom is -0.453 e. The van der Waals surface area contributed by atoms with Crippen molar-refractivity contribution in [2.45, 2.75) is 6.10 Å². The molecule has 3 rings (SSSR count). The first kappa shape index (κ1) is 20.5. The van der Waals surface area contributed by atoms with Gasteiger partial charge < -0.3 is 19.7 Å². The minimum atomic E-state index is -0.716. The molecule has 0 saturated carbocycles. The highest BCUT2D eigenvalue weighted by Crippen LogP contribution is 2.43. The average molecular weight is 417 g/mol. The van der Waals surface area contributed by atoms with Gasteiger partial charge in [0.05, 0.1) is 25.9 Å². The van der Waals surface area contributed by atoms with E-state index in [1.165, 1.54) is 7.11 Å². The van der Waals surface area contributed by atoms with E-state index in [9.17, 15) is 18.4 Å². The quantitative estimate of drug-likeness (QED) is 0.815. The van der Waals surface area contributed by atoms with Gasteiger partial charge >= 0.3 is 12.2 Å². The standard InChI is InChI=1S/C18H25F2N3O4S/c1-26-17(24)21-10-13-11-23(18(25)27-13)12-8-14(19)16(15(20)9-12)22-4-6-28(2,3)7-5-22/h8-9,13H,4-7,10-11H2,1-3H3,(H,21,24). The van der Waals surface area contributed by atoms with Gasteiger partial charge in [-0.15, -0.1) is 0 Å². The highest BCUT2D eigenvalue weighted by Gasteiger charge is 2.34. The average Bonchev–Trinajstić information content (AvgIpc) is 3.01. The number of ether oxygens (including phenoxy) is 2. The summed E-state index contributed by atoms with van der Waals surface area (Å²) in [6.45, 7) is 1.34. The van der Waals surface area contributed by atoms with Crippen LogP contribution in [-0.2, 0) is 9.47 Å². The van der Waals surface area contributed by atoms with E-state index in [2.05, 4.69) is 22.6 Å². The number of nitrogens with one attached hydrogen (secondary N) is 1. The number of carbonyl (C=O) groups is 2. The summed E-state index contributed by atoms with van der Waals surface area (Å²) < 4.78 is 39.1. The molecule has 2 aliphatic heterocycles. The van der Waals surface area contributed by atoms with Gasteiger partial charge in [-0.1, -0.05) is 0 Å². The monoisotopic (exact) mass is 417 g/mol. The number of amides is 2. The number of anilines is 2. The molecule has 0 aromatic heterocycles. The number of halogens is 2. The Morgan fingerprint density at radius 2 is 1.89 bits per heavy atom. The van der Waals surface area contributed by atoms with E-state index in [1.807, 2.05) is 0 Å². The number of nitrogens with zero attached hydrogens (tertiary/aromatic N) is 2. The van der Waals surface area contributed by atoms with Crippen LogP contribution in [0.4, 0.5) is 29.7 Å². The zero-order valence-corrected chi connectivity index (χ0v) is 17.0. The molecule has 0 spiro atoms. The Hall–Kier alpha value is -2.23. The highest BCUT2D eigenvalue weighted by molar-refractivity contribution is 8.32. The van der Waals surface area contributed by atoms with Crippen LogP contribution < -0.4 is 15.1 Å². The number of methoxy groups -OCH3 is 1. The van der Waals surface area contributed by atoms with E-state index in [0.29, 0.717) is 13.1 Å². The maximum Gasteiger partial charge on any atom is 0.414 e. The lowest BCUT2D eigenvalue weighted by Gasteiger charge is -2.42. The molecule has 1 aromatic rings. The summed E-state index contributed by atoms with van der Waals surface area (Å²) >= 11 is 0. The third kappa shape index (κ3) is 4.43. The molecular formula is C18H25F2N3O4S. The topological polar surface area (TPSA) is 71.1 Å². The summed E-state index contributed by atoms with van der Waals surface area (Å²) in [7, 11) is 0.530. The molecule has 1 unspecified atom stereocenters. The zero-order chi connectivity index (χ0) is 20.5. The second kappa shape index (κ2) is 8.02. The number of hydrogen-bond donors (Lipinski definition) is 1. The van der Waals surface area contributed by atoms with Crippen LogP contribution >= 0.6 is 10.0 Å². The smallest absolute Gasteiger partial charge is 0.414 e. The molecular weight excluding hydrogens is 392 g/mol. The molecule has 0 bridgehead atoms. The molecule has 2 heterocycles. The molecule has 1 aromatic carbocycles. The molecule has 28 heavy (non-hydrogen) atoms. The molecule has 156 valence electrons. The van der Waals surface area contributed by atoms with Gasteiger partial charge in [-0.05, 0) is 24.0 Å². The Morgan fingerprint density at radius 3 is 2.46 bits per heavy atom. The SMILES string of the molecule is COC(=O)NCC1CN(c2cc(F)c(N3CCS(C)(C)CC3)c(F)c2)C(=O)O1. The van der Waals surface area contributed by atoms with Crippen molar-refractivity contribution in [1.82, 2.24) is 5.32 Å². The van der Waals surface area contributed by atoms with E-state index >= 15 is 0 Å². The summed E-state index contributed by atoms with van der Waals surface area (Å²) in [5.41, 5.74) is 0.0439. The fourth-order valence-electron chi connectivity index (χ4n) is 3.27. The van der Waals surface area contributed by atoms with Gasteiger partial charge in [0.2, 0.25) is 0 Å². The zero-order valence-electron chi connectivity index (χ0n) is 16.2. The van der Waals surface area contributed by atoms with Crippen molar-refractivity contribution in [2.75, 3.05) is 67.1 Å². The third-order valence-electron chi connectivity index (χ3n) is 4.99. The summed E-state index contributed by atoms with van der Waals surface area (Å²) in [6.07, 6.45) is 2.45. The van der Waals surface area contributed by atoms with Crippen LogP contribution in [0, 0.1) is 11.6 Å². The molecule has 2 saturated heterocycles. The van der Waals surface area contributed by atoms with Crippen LogP contribution in [0.15, 0.2) is 12.1 Å². The first-order valence-corrected chi connectivity index (χ1v) is 11.7. The number of carbonyl (C=O) groups excluding carboxylic acids is 2. The fraction of sp³-hybridized carbons (Fsp3) is 0.556. The number of rotatable bonds is 4. The van der Waals surface area contributed by atoms with Crippen LogP contribution in [0.5, 0.6) is 0 Å². The van der Waals surface area contributed by atoms with E-state index in [0.717, 1.165) is 28.5 Å². The van der Waals surface area contributed by atoms with Crippen molar-refractivity contribution >= 4 is 33.6 Å². The number of alkyl carbamates (subject to hydrolysis) is 1. The second-order valence-corrected chi connectivity index (χ2v) is 11.8. The molecule has 1 N–H and O–H groups in total. The van der Waals surface area contributed by atoms with Crippen LogP contribution in [0.1, 0.15) is 0 Å². The largest absolute Gasteiger partial charge is 0.453 e. The molecule has 2 fully saturated rings. The summed E-state index contributed by atoms with van der Waals surface area (Å²) in [5.74, 6) is 0.462. The lowest BCUT2D eigenvalue weighted by atomic mass is 10.2. The van der Waals surface area contributed by atoms with Crippen molar-refractivity contribution in [3.05, 3.63) is 23.8 Å². The van der Waals surface area contributed by atoms with E-state index in [4.69, 9.17) is 4.74 Å². The van der Waals surface area contributed by atoms with E-state index < -0.39 is 40.0 Å². The van der Waals surface area contributed by atoms with E-state index in [1.54, 1.807) is 4.90 Å². The van der Waals surface area contributed by atoms with Gasteiger partial charge in [0.25, 0.3) is 0 Å². The summed E-state index contributed by atoms with van der Waals surface area (Å²) in [6, 6.07) is 2.31. The Balaban J connectivity index is 1.72. The Morgan fingerprint density at radius 1 is 1.29 bits per heavy atom. The second-order valence-electron chi connectivity index (χ2n) is 7.41. The van der Waals surface area contributed by atoms with Crippen LogP contribution in [0.2, 0.25) is 0 Å². The summed E-state index contributed by atoms with van der Waals surface area (Å²) in [5, 5.41) is 2.43. The molecule has 1 atom stereocenters. The fourth-order valence-corrected chi connectivity index (χ4v) is 4.90. The Bertz CT molecular complexity index is 744. The van der Waals surface area contributed by atoms with E-state index in [-0.39, 0.29) is 24.5 Å². The first-order valence-electron chi connectivity index (χ1n) is 8.93. The van der Waals surface area contributed by atoms with Crippen molar-refractivity contribution in [3.8, 4) is 0 Å². The van der Waals surface area contributed by atoms with Crippen LogP contribution in [0.25, 0.3) is 0 Å². The lowest BCUT2D eigenvalue weighted by molar-refractivity contribution is 0.132. The van der Waals surface area contributed by atoms with Crippen LogP contribution in [-0.4, -0.2) is 75.6 Å². The van der Waals surface area contributed by atoms with Gasteiger partial charge in [0.15, 0.2) is 11.6 Å². The van der Waals surface area contributed by atoms with Crippen molar-refractivity contribution in [1.29, 1.82) is 0 Å². The Labute approximate surface area is 164 Å². The van der Waals surface area contributed by atoms with Gasteiger partial charge in [-0.3, -0.25) is 4.90 Å². The number of cyclic esters (lactones) is 1. The Kier molecular flexibility index (Phi) is 5.87. The van der Waals surface area contributed by atoms with Gasteiger partial charge in [0, 0.05) is 25.2 Å². The molecule has 10 heteroatoms. The van der Waals surface area contributed by atoms with Crippen molar-refractivity contribution < 1.29 is 27.8 Å².